The van der Waals surface area contributed by atoms with Gasteiger partial charge in [-0.3, -0.25) is 14.7 Å². The molecule has 192 valence electrons. The monoisotopic (exact) mass is 496 g/mol. The van der Waals surface area contributed by atoms with E-state index in [-0.39, 0.29) is 11.9 Å². The van der Waals surface area contributed by atoms with Crippen molar-refractivity contribution in [1.29, 1.82) is 0 Å². The number of hydrogen-bond acceptors (Lipinski definition) is 5. The molecule has 0 radical (unpaired) electrons. The van der Waals surface area contributed by atoms with Crippen molar-refractivity contribution in [3.05, 3.63) is 77.7 Å². The Kier molecular flexibility index (Phi) is 6.98. The van der Waals surface area contributed by atoms with Gasteiger partial charge in [-0.1, -0.05) is 12.1 Å². The summed E-state index contributed by atoms with van der Waals surface area (Å²) in [7, 11) is 7.60. The van der Waals surface area contributed by atoms with Crippen LogP contribution in [0.3, 0.4) is 0 Å². The number of piperidine rings is 1. The minimum Gasteiger partial charge on any atom is -0.387 e. The zero-order valence-electron chi connectivity index (χ0n) is 22.4. The number of hydrogen-bond donors (Lipinski definition) is 1. The molecule has 1 aliphatic rings. The molecule has 1 aromatic carbocycles. The first-order valence-corrected chi connectivity index (χ1v) is 13.0. The van der Waals surface area contributed by atoms with Crippen molar-refractivity contribution in [1.82, 2.24) is 24.3 Å². The molecule has 0 spiro atoms. The van der Waals surface area contributed by atoms with Gasteiger partial charge in [0.15, 0.2) is 0 Å². The summed E-state index contributed by atoms with van der Waals surface area (Å²) in [5.41, 5.74) is 7.40. The summed E-state index contributed by atoms with van der Waals surface area (Å²) in [5.74, 6) is 0.577. The maximum atomic E-state index is 12.2. The van der Waals surface area contributed by atoms with Gasteiger partial charge in [0.1, 0.15) is 5.65 Å². The van der Waals surface area contributed by atoms with Gasteiger partial charge in [0, 0.05) is 62.6 Å². The molecule has 4 heterocycles. The number of nitrogens with one attached hydrogen (secondary N) is 1. The Morgan fingerprint density at radius 1 is 1.05 bits per heavy atom. The van der Waals surface area contributed by atoms with Crippen molar-refractivity contribution in [2.75, 3.05) is 39.5 Å². The van der Waals surface area contributed by atoms with Crippen LogP contribution in [0.25, 0.3) is 22.3 Å². The van der Waals surface area contributed by atoms with Crippen LogP contribution in [-0.2, 0) is 7.05 Å². The molecule has 0 aliphatic carbocycles. The van der Waals surface area contributed by atoms with Crippen LogP contribution in [-0.4, -0.2) is 64.5 Å². The molecular formula is C30H36N6O. The number of amides is 1. The average molecular weight is 497 g/mol. The third kappa shape index (κ3) is 4.83. The molecular weight excluding hydrogens is 460 g/mol. The normalized spacial score (nSPS) is 15.6. The number of carbonyl (C=O) groups excluding carboxylic acids is 1. The molecule has 5 rings (SSSR count). The van der Waals surface area contributed by atoms with Crippen LogP contribution < -0.4 is 5.32 Å². The number of nitrogens with zero attached hydrogens (tertiary/aromatic N) is 5. The minimum absolute atomic E-state index is 0.0496. The second-order valence-electron chi connectivity index (χ2n) is 10.2. The Labute approximate surface area is 219 Å². The van der Waals surface area contributed by atoms with E-state index in [1.807, 2.05) is 31.6 Å². The highest BCUT2D eigenvalue weighted by Gasteiger charge is 2.27. The number of carbonyl (C=O) groups is 1. The topological polar surface area (TPSA) is 66.3 Å². The fourth-order valence-corrected chi connectivity index (χ4v) is 5.53. The number of likely N-dealkylation sites (tertiary alicyclic amines) is 1. The van der Waals surface area contributed by atoms with Gasteiger partial charge >= 0.3 is 0 Å². The van der Waals surface area contributed by atoms with Crippen molar-refractivity contribution >= 4 is 22.6 Å². The molecule has 1 unspecified atom stereocenters. The minimum atomic E-state index is 0.0496. The first-order chi connectivity index (χ1) is 17.9. The van der Waals surface area contributed by atoms with Gasteiger partial charge in [0.2, 0.25) is 0 Å². The van der Waals surface area contributed by atoms with Gasteiger partial charge in [-0.25, -0.2) is 4.98 Å². The Bertz CT molecular complexity index is 1380. The number of rotatable bonds is 6. The van der Waals surface area contributed by atoms with Gasteiger partial charge in [0.25, 0.3) is 5.91 Å². The number of aromatic nitrogens is 3. The van der Waals surface area contributed by atoms with Crippen LogP contribution in [0.15, 0.2) is 60.9 Å². The lowest BCUT2D eigenvalue weighted by molar-refractivity contribution is 0.0827. The van der Waals surface area contributed by atoms with Gasteiger partial charge in [-0.2, -0.15) is 0 Å². The molecule has 7 heteroatoms. The summed E-state index contributed by atoms with van der Waals surface area (Å²) in [6.45, 7) is 4.38. The standard InChI is InChI=1S/C30H36N6O/c1-20(36-16-13-22(14-17-36)21-6-8-23(9-7-21)30(37)34(3)4)28-18-26-25(12-15-32-29(26)35(28)5)27-11-10-24(31-2)19-33-27/h6-12,15,18-20,22,31H,13-14,16-17H2,1-5H3. The fraction of sp³-hybridized carbons (Fsp3) is 0.367. The van der Waals surface area contributed by atoms with Crippen LogP contribution in [0.2, 0.25) is 0 Å². The van der Waals surface area contributed by atoms with E-state index < -0.39 is 0 Å². The summed E-state index contributed by atoms with van der Waals surface area (Å²) in [5, 5.41) is 4.27. The molecule has 1 atom stereocenters. The highest BCUT2D eigenvalue weighted by Crippen LogP contribution is 2.35. The molecule has 37 heavy (non-hydrogen) atoms. The number of pyridine rings is 2. The highest BCUT2D eigenvalue weighted by molar-refractivity contribution is 5.94. The molecule has 3 aromatic heterocycles. The zero-order valence-corrected chi connectivity index (χ0v) is 22.4. The Balaban J connectivity index is 1.32. The van der Waals surface area contributed by atoms with Gasteiger partial charge in [-0.15, -0.1) is 0 Å². The van der Waals surface area contributed by atoms with E-state index in [1.54, 1.807) is 19.0 Å². The number of benzene rings is 1. The van der Waals surface area contributed by atoms with Crippen LogP contribution >= 0.6 is 0 Å². The lowest BCUT2D eigenvalue weighted by Crippen LogP contribution is -2.35. The molecule has 1 amide bonds. The third-order valence-corrected chi connectivity index (χ3v) is 7.83. The molecule has 1 saturated heterocycles. The second kappa shape index (κ2) is 10.3. The SMILES string of the molecule is CNc1ccc(-c2ccnc3c2cc(C(C)N2CCC(c4ccc(C(=O)N(C)C)cc4)CC2)n3C)nc1. The molecule has 0 saturated carbocycles. The Hall–Kier alpha value is -3.71. The summed E-state index contributed by atoms with van der Waals surface area (Å²) in [6.07, 6.45) is 5.97. The molecule has 1 fully saturated rings. The lowest BCUT2D eigenvalue weighted by atomic mass is 9.88. The predicted molar refractivity (Wildman–Crippen MR) is 150 cm³/mol. The van der Waals surface area contributed by atoms with Crippen LogP contribution in [0.5, 0.6) is 0 Å². The summed E-state index contributed by atoms with van der Waals surface area (Å²) >= 11 is 0. The van der Waals surface area contributed by atoms with E-state index >= 15 is 0 Å². The van der Waals surface area contributed by atoms with Crippen LogP contribution in [0.1, 0.15) is 53.3 Å². The first-order valence-electron chi connectivity index (χ1n) is 13.0. The Morgan fingerprint density at radius 3 is 2.41 bits per heavy atom. The summed E-state index contributed by atoms with van der Waals surface area (Å²) in [6, 6.07) is 16.9. The van der Waals surface area contributed by atoms with Crippen LogP contribution in [0.4, 0.5) is 5.69 Å². The smallest absolute Gasteiger partial charge is 0.253 e. The lowest BCUT2D eigenvalue weighted by Gasteiger charge is -2.36. The molecule has 4 aromatic rings. The van der Waals surface area contributed by atoms with Crippen molar-refractivity contribution in [2.24, 2.45) is 7.05 Å². The first kappa shape index (κ1) is 25.0. The van der Waals surface area contributed by atoms with Gasteiger partial charge in [0.05, 0.1) is 17.6 Å². The molecule has 1 aliphatic heterocycles. The van der Waals surface area contributed by atoms with Crippen molar-refractivity contribution < 1.29 is 4.79 Å². The Morgan fingerprint density at radius 2 is 1.78 bits per heavy atom. The van der Waals surface area contributed by atoms with Crippen molar-refractivity contribution in [3.8, 4) is 11.3 Å². The molecule has 0 bridgehead atoms. The predicted octanol–water partition coefficient (Wildman–Crippen LogP) is 5.32. The van der Waals surface area contributed by atoms with E-state index in [2.05, 4.69) is 70.1 Å². The number of aryl methyl sites for hydroxylation is 1. The van der Waals surface area contributed by atoms with Crippen molar-refractivity contribution in [3.63, 3.8) is 0 Å². The number of anilines is 1. The van der Waals surface area contributed by atoms with Crippen LogP contribution in [0, 0.1) is 0 Å². The van der Waals surface area contributed by atoms with E-state index in [4.69, 9.17) is 4.98 Å². The quantitative estimate of drug-likeness (QED) is 0.391. The average Bonchev–Trinajstić information content (AvgIpc) is 3.29. The summed E-state index contributed by atoms with van der Waals surface area (Å²) in [4.78, 5) is 25.8. The highest BCUT2D eigenvalue weighted by atomic mass is 16.2. The molecule has 7 nitrogen and oxygen atoms in total. The zero-order chi connectivity index (χ0) is 26.1. The maximum absolute atomic E-state index is 12.2. The van der Waals surface area contributed by atoms with E-state index in [1.165, 1.54) is 11.3 Å². The van der Waals surface area contributed by atoms with E-state index in [9.17, 15) is 4.79 Å². The second-order valence-corrected chi connectivity index (χ2v) is 10.2. The van der Waals surface area contributed by atoms with E-state index in [0.717, 1.165) is 59.5 Å². The largest absolute Gasteiger partial charge is 0.387 e. The fourth-order valence-electron chi connectivity index (χ4n) is 5.53. The van der Waals surface area contributed by atoms with Gasteiger partial charge in [-0.05, 0) is 80.7 Å². The third-order valence-electron chi connectivity index (χ3n) is 7.83. The maximum Gasteiger partial charge on any atom is 0.253 e. The number of fused-ring (bicyclic) bond motifs is 1. The van der Waals surface area contributed by atoms with E-state index in [0.29, 0.717) is 5.92 Å². The summed E-state index contributed by atoms with van der Waals surface area (Å²) < 4.78 is 2.23. The molecule has 1 N–H and O–H groups in total. The van der Waals surface area contributed by atoms with Gasteiger partial charge < -0.3 is 14.8 Å². The van der Waals surface area contributed by atoms with Crippen molar-refractivity contribution in [2.45, 2.75) is 31.7 Å².